The van der Waals surface area contributed by atoms with Crippen molar-refractivity contribution in [2.45, 2.75) is 39.7 Å². The quantitative estimate of drug-likeness (QED) is 0.878. The molecule has 2 heterocycles. The van der Waals surface area contributed by atoms with Crippen LogP contribution in [0.1, 0.15) is 42.0 Å². The predicted octanol–water partition coefficient (Wildman–Crippen LogP) is 2.05. The Hall–Kier alpha value is -1.62. The van der Waals surface area contributed by atoms with Gasteiger partial charge in [0.25, 0.3) is 0 Å². The molecule has 0 saturated carbocycles. The van der Waals surface area contributed by atoms with Crippen LogP contribution in [0.5, 0.6) is 0 Å². The molecule has 2 rings (SSSR count). The van der Waals surface area contributed by atoms with Crippen molar-refractivity contribution in [1.82, 2.24) is 24.9 Å². The number of hydrogen-bond acceptors (Lipinski definition) is 3. The van der Waals surface area contributed by atoms with Crippen LogP contribution in [0.25, 0.3) is 0 Å². The van der Waals surface area contributed by atoms with E-state index in [-0.39, 0.29) is 0 Å². The van der Waals surface area contributed by atoms with E-state index in [1.165, 1.54) is 11.3 Å². The summed E-state index contributed by atoms with van der Waals surface area (Å²) in [5.41, 5.74) is 4.89. The third-order valence-electron chi connectivity index (χ3n) is 3.88. The topological polar surface area (TPSA) is 47.7 Å². The summed E-state index contributed by atoms with van der Waals surface area (Å²) < 4.78 is 3.83. The van der Waals surface area contributed by atoms with Gasteiger partial charge in [-0.25, -0.2) is 0 Å². The monoisotopic (exact) mass is 275 g/mol. The van der Waals surface area contributed by atoms with Gasteiger partial charge in [-0.15, -0.1) is 0 Å². The van der Waals surface area contributed by atoms with E-state index in [1.807, 2.05) is 29.7 Å². The predicted molar refractivity (Wildman–Crippen MR) is 80.6 cm³/mol. The maximum absolute atomic E-state index is 4.53. The summed E-state index contributed by atoms with van der Waals surface area (Å²) in [5.74, 6) is 0. The molecule has 20 heavy (non-hydrogen) atoms. The molecule has 2 aromatic heterocycles. The third kappa shape index (κ3) is 3.10. The van der Waals surface area contributed by atoms with E-state index in [0.717, 1.165) is 30.8 Å². The zero-order valence-corrected chi connectivity index (χ0v) is 13.1. The molecular weight excluding hydrogens is 250 g/mol. The Labute approximate surface area is 121 Å². The summed E-state index contributed by atoms with van der Waals surface area (Å²) in [6.07, 6.45) is 4.07. The van der Waals surface area contributed by atoms with Gasteiger partial charge in [0.2, 0.25) is 0 Å². The third-order valence-corrected chi connectivity index (χ3v) is 3.88. The Bertz CT molecular complexity index is 567. The summed E-state index contributed by atoms with van der Waals surface area (Å²) in [5, 5.41) is 12.5. The maximum atomic E-state index is 4.53. The fourth-order valence-corrected chi connectivity index (χ4v) is 2.69. The molecule has 0 aromatic carbocycles. The lowest BCUT2D eigenvalue weighted by Crippen LogP contribution is -2.22. The Morgan fingerprint density at radius 3 is 2.50 bits per heavy atom. The van der Waals surface area contributed by atoms with Crippen LogP contribution < -0.4 is 5.32 Å². The fraction of sp³-hybridized carbons (Fsp3) is 0.600. The highest BCUT2D eigenvalue weighted by molar-refractivity contribution is 5.24. The van der Waals surface area contributed by atoms with Gasteiger partial charge in [-0.2, -0.15) is 10.2 Å². The van der Waals surface area contributed by atoms with Crippen molar-refractivity contribution in [2.24, 2.45) is 14.1 Å². The van der Waals surface area contributed by atoms with Gasteiger partial charge < -0.3 is 5.32 Å². The Morgan fingerprint density at radius 1 is 1.25 bits per heavy atom. The molecule has 1 atom stereocenters. The van der Waals surface area contributed by atoms with E-state index in [2.05, 4.69) is 42.4 Å². The van der Waals surface area contributed by atoms with E-state index in [1.54, 1.807) is 0 Å². The molecule has 1 unspecified atom stereocenters. The lowest BCUT2D eigenvalue weighted by molar-refractivity contribution is 0.496. The Balaban J connectivity index is 2.09. The van der Waals surface area contributed by atoms with E-state index in [4.69, 9.17) is 0 Å². The summed E-state index contributed by atoms with van der Waals surface area (Å²) in [7, 11) is 3.97. The van der Waals surface area contributed by atoms with Crippen molar-refractivity contribution < 1.29 is 0 Å². The first-order chi connectivity index (χ1) is 9.52. The molecule has 0 aliphatic carbocycles. The number of rotatable bonds is 6. The zero-order chi connectivity index (χ0) is 14.7. The average Bonchev–Trinajstić information content (AvgIpc) is 2.92. The van der Waals surface area contributed by atoms with Crippen LogP contribution in [0.4, 0.5) is 0 Å². The van der Waals surface area contributed by atoms with Gasteiger partial charge in [0.1, 0.15) is 0 Å². The van der Waals surface area contributed by atoms with Crippen molar-refractivity contribution in [1.29, 1.82) is 0 Å². The fourth-order valence-electron chi connectivity index (χ4n) is 2.69. The van der Waals surface area contributed by atoms with Crippen LogP contribution in [0.2, 0.25) is 0 Å². The lowest BCUT2D eigenvalue weighted by atomic mass is 10.0. The van der Waals surface area contributed by atoms with Crippen molar-refractivity contribution in [3.63, 3.8) is 0 Å². The molecule has 5 heteroatoms. The van der Waals surface area contributed by atoms with Crippen LogP contribution >= 0.6 is 0 Å². The van der Waals surface area contributed by atoms with Gasteiger partial charge in [0.05, 0.1) is 17.4 Å². The first-order valence-corrected chi connectivity index (χ1v) is 7.25. The smallest absolute Gasteiger partial charge is 0.0793 e. The van der Waals surface area contributed by atoms with Gasteiger partial charge >= 0.3 is 0 Å². The second kappa shape index (κ2) is 6.22. The molecule has 0 bridgehead atoms. The van der Waals surface area contributed by atoms with E-state index in [9.17, 15) is 0 Å². The molecular formula is C15H25N5. The van der Waals surface area contributed by atoms with Crippen molar-refractivity contribution in [3.05, 3.63) is 34.9 Å². The van der Waals surface area contributed by atoms with Crippen LogP contribution in [-0.2, 0) is 20.5 Å². The van der Waals surface area contributed by atoms with Crippen molar-refractivity contribution in [3.8, 4) is 0 Å². The zero-order valence-electron chi connectivity index (χ0n) is 13.1. The summed E-state index contributed by atoms with van der Waals surface area (Å²) in [6, 6.07) is 2.40. The van der Waals surface area contributed by atoms with Gasteiger partial charge in [-0.1, -0.05) is 6.92 Å². The molecule has 0 amide bonds. The standard InChI is InChI=1S/C15H25N5/c1-6-16-14(15-9-10-19(4)18-15)8-7-13-11(2)17-20(5)12(13)3/h9-10,14,16H,6-8H2,1-5H3. The largest absolute Gasteiger partial charge is 0.309 e. The summed E-state index contributed by atoms with van der Waals surface area (Å²) >= 11 is 0. The van der Waals surface area contributed by atoms with E-state index >= 15 is 0 Å². The minimum atomic E-state index is 0.306. The van der Waals surface area contributed by atoms with E-state index in [0.29, 0.717) is 6.04 Å². The molecule has 0 saturated heterocycles. The molecule has 0 spiro atoms. The molecule has 2 aromatic rings. The van der Waals surface area contributed by atoms with Crippen LogP contribution in [0.3, 0.4) is 0 Å². The number of nitrogens with one attached hydrogen (secondary N) is 1. The first-order valence-electron chi connectivity index (χ1n) is 7.25. The Kier molecular flexibility index (Phi) is 4.60. The lowest BCUT2D eigenvalue weighted by Gasteiger charge is -2.15. The van der Waals surface area contributed by atoms with Crippen LogP contribution in [-0.4, -0.2) is 26.1 Å². The summed E-state index contributed by atoms with van der Waals surface area (Å²) in [4.78, 5) is 0. The second-order valence-electron chi connectivity index (χ2n) is 5.34. The molecule has 0 fully saturated rings. The maximum Gasteiger partial charge on any atom is 0.0793 e. The van der Waals surface area contributed by atoms with E-state index < -0.39 is 0 Å². The van der Waals surface area contributed by atoms with Crippen molar-refractivity contribution in [2.75, 3.05) is 6.54 Å². The molecule has 0 aliphatic heterocycles. The van der Waals surface area contributed by atoms with Crippen molar-refractivity contribution >= 4 is 0 Å². The van der Waals surface area contributed by atoms with Gasteiger partial charge in [0, 0.05) is 26.0 Å². The Morgan fingerprint density at radius 2 is 2.00 bits per heavy atom. The average molecular weight is 275 g/mol. The highest BCUT2D eigenvalue weighted by Crippen LogP contribution is 2.21. The SMILES string of the molecule is CCNC(CCc1c(C)nn(C)c1C)c1ccn(C)n1. The highest BCUT2D eigenvalue weighted by Gasteiger charge is 2.16. The molecule has 1 N–H and O–H groups in total. The highest BCUT2D eigenvalue weighted by atomic mass is 15.3. The van der Waals surface area contributed by atoms with Gasteiger partial charge in [-0.3, -0.25) is 9.36 Å². The number of aryl methyl sites for hydroxylation is 3. The molecule has 0 radical (unpaired) electrons. The van der Waals surface area contributed by atoms with Crippen LogP contribution in [0, 0.1) is 13.8 Å². The normalized spacial score (nSPS) is 12.8. The van der Waals surface area contributed by atoms with Crippen LogP contribution in [0.15, 0.2) is 12.3 Å². The molecule has 110 valence electrons. The minimum absolute atomic E-state index is 0.306. The number of hydrogen-bond donors (Lipinski definition) is 1. The first kappa shape index (κ1) is 14.8. The molecule has 5 nitrogen and oxygen atoms in total. The summed E-state index contributed by atoms with van der Waals surface area (Å²) in [6.45, 7) is 7.31. The molecule has 0 aliphatic rings. The second-order valence-corrected chi connectivity index (χ2v) is 5.34. The minimum Gasteiger partial charge on any atom is -0.309 e. The number of aromatic nitrogens is 4. The van der Waals surface area contributed by atoms with Gasteiger partial charge in [-0.05, 0) is 44.9 Å². The number of nitrogens with zero attached hydrogens (tertiary/aromatic N) is 4. The van der Waals surface area contributed by atoms with Gasteiger partial charge in [0.15, 0.2) is 0 Å².